The third-order valence-electron chi connectivity index (χ3n) is 5.93. The van der Waals surface area contributed by atoms with Crippen molar-refractivity contribution in [2.75, 3.05) is 23.8 Å². The van der Waals surface area contributed by atoms with E-state index in [1.54, 1.807) is 51.2 Å². The maximum Gasteiger partial charge on any atom is 0.411 e. The lowest BCUT2D eigenvalue weighted by Crippen LogP contribution is -2.15. The van der Waals surface area contributed by atoms with Crippen LogP contribution in [-0.2, 0) is 14.3 Å². The summed E-state index contributed by atoms with van der Waals surface area (Å²) in [4.78, 5) is 41.3. The number of rotatable bonds is 7. The molecule has 190 valence electrons. The number of carboxylic acid groups (broad SMARTS) is 1. The molecule has 0 spiro atoms. The molecule has 1 heterocycles. The molecule has 2 amide bonds. The molecule has 1 atom stereocenters. The van der Waals surface area contributed by atoms with E-state index < -0.39 is 24.1 Å². The van der Waals surface area contributed by atoms with Crippen molar-refractivity contribution in [1.82, 2.24) is 4.98 Å². The van der Waals surface area contributed by atoms with Crippen molar-refractivity contribution in [2.45, 2.75) is 26.7 Å². The summed E-state index contributed by atoms with van der Waals surface area (Å²) in [5.41, 5.74) is 3.46. The fourth-order valence-electron chi connectivity index (χ4n) is 4.29. The molecular formula is C28H27N3O6. The normalized spacial score (nSPS) is 11.6. The van der Waals surface area contributed by atoms with Gasteiger partial charge in [0.15, 0.2) is 0 Å². The standard InChI is InChI=1S/C28H27N3O6/c1-4-36-27(34)30-18-11-12-22-20(13-18)25-21(15-29-22)23(31-28(35)37-5-2)14-19(17-9-7-6-8-10-17)24(25)16(3)26(32)33/h6-16H,4-5H2,1-3H3,(H,30,34)(H,31,35)(H,32,33). The third-order valence-corrected chi connectivity index (χ3v) is 5.93. The average molecular weight is 502 g/mol. The number of fused-ring (bicyclic) bond motifs is 3. The first-order chi connectivity index (χ1) is 17.8. The van der Waals surface area contributed by atoms with Crippen molar-refractivity contribution < 1.29 is 29.0 Å². The number of aliphatic carboxylic acids is 1. The minimum absolute atomic E-state index is 0.188. The lowest BCUT2D eigenvalue weighted by Gasteiger charge is -2.21. The second-order valence-electron chi connectivity index (χ2n) is 8.28. The molecule has 0 aliphatic heterocycles. The van der Waals surface area contributed by atoms with Gasteiger partial charge >= 0.3 is 18.2 Å². The molecule has 9 heteroatoms. The van der Waals surface area contributed by atoms with Crippen LogP contribution < -0.4 is 10.6 Å². The van der Waals surface area contributed by atoms with Crippen LogP contribution in [0.2, 0.25) is 0 Å². The monoisotopic (exact) mass is 501 g/mol. The Morgan fingerprint density at radius 2 is 1.59 bits per heavy atom. The molecular weight excluding hydrogens is 474 g/mol. The van der Waals surface area contributed by atoms with E-state index >= 15 is 0 Å². The minimum Gasteiger partial charge on any atom is -0.481 e. The zero-order chi connectivity index (χ0) is 26.5. The number of carbonyl (C=O) groups is 3. The Hall–Kier alpha value is -4.66. The smallest absolute Gasteiger partial charge is 0.411 e. The lowest BCUT2D eigenvalue weighted by molar-refractivity contribution is -0.138. The summed E-state index contributed by atoms with van der Waals surface area (Å²) in [5.74, 6) is -1.91. The fourth-order valence-corrected chi connectivity index (χ4v) is 4.29. The summed E-state index contributed by atoms with van der Waals surface area (Å²) in [7, 11) is 0. The van der Waals surface area contributed by atoms with Gasteiger partial charge < -0.3 is 14.6 Å². The zero-order valence-corrected chi connectivity index (χ0v) is 20.7. The first-order valence-corrected chi connectivity index (χ1v) is 11.9. The van der Waals surface area contributed by atoms with E-state index in [2.05, 4.69) is 15.6 Å². The SMILES string of the molecule is CCOC(=O)Nc1ccc2ncc3c(NC(=O)OCC)cc(-c4ccccc4)c(C(C)C(=O)O)c3c2c1. The quantitative estimate of drug-likeness (QED) is 0.251. The van der Waals surface area contributed by atoms with Crippen LogP contribution in [0.25, 0.3) is 32.8 Å². The van der Waals surface area contributed by atoms with Crippen LogP contribution in [0.3, 0.4) is 0 Å². The number of aromatic nitrogens is 1. The Morgan fingerprint density at radius 3 is 2.24 bits per heavy atom. The van der Waals surface area contributed by atoms with Gasteiger partial charge in [0.25, 0.3) is 0 Å². The Balaban J connectivity index is 2.10. The molecule has 3 aromatic carbocycles. The topological polar surface area (TPSA) is 127 Å². The van der Waals surface area contributed by atoms with Crippen molar-refractivity contribution in [3.05, 3.63) is 66.4 Å². The fraction of sp³-hybridized carbons (Fsp3) is 0.214. The molecule has 4 aromatic rings. The molecule has 0 aliphatic carbocycles. The molecule has 9 nitrogen and oxygen atoms in total. The number of benzene rings is 3. The van der Waals surface area contributed by atoms with Gasteiger partial charge in [-0.1, -0.05) is 30.3 Å². The van der Waals surface area contributed by atoms with Crippen molar-refractivity contribution in [1.29, 1.82) is 0 Å². The Kier molecular flexibility index (Phi) is 7.52. The third kappa shape index (κ3) is 5.30. The van der Waals surface area contributed by atoms with Gasteiger partial charge in [-0.3, -0.25) is 20.4 Å². The van der Waals surface area contributed by atoms with Gasteiger partial charge in [0.1, 0.15) is 0 Å². The first-order valence-electron chi connectivity index (χ1n) is 11.9. The number of ether oxygens (including phenoxy) is 2. The van der Waals surface area contributed by atoms with E-state index in [0.717, 1.165) is 5.56 Å². The van der Waals surface area contributed by atoms with E-state index in [-0.39, 0.29) is 13.2 Å². The average Bonchev–Trinajstić information content (AvgIpc) is 2.88. The summed E-state index contributed by atoms with van der Waals surface area (Å²) in [6, 6.07) is 16.2. The first kappa shape index (κ1) is 25.4. The highest BCUT2D eigenvalue weighted by Crippen LogP contribution is 2.42. The summed E-state index contributed by atoms with van der Waals surface area (Å²) in [5, 5.41) is 17.3. The van der Waals surface area contributed by atoms with Gasteiger partial charge in [-0.15, -0.1) is 0 Å². The van der Waals surface area contributed by atoms with Crippen LogP contribution in [0.15, 0.2) is 60.8 Å². The molecule has 0 saturated heterocycles. The van der Waals surface area contributed by atoms with Crippen molar-refractivity contribution >= 4 is 51.2 Å². The molecule has 3 N–H and O–H groups in total. The van der Waals surface area contributed by atoms with Crippen molar-refractivity contribution in [2.24, 2.45) is 0 Å². The number of pyridine rings is 1. The number of hydrogen-bond donors (Lipinski definition) is 3. The van der Waals surface area contributed by atoms with Gasteiger partial charge in [0, 0.05) is 22.7 Å². The summed E-state index contributed by atoms with van der Waals surface area (Å²) < 4.78 is 10.1. The molecule has 0 fully saturated rings. The Morgan fingerprint density at radius 1 is 0.919 bits per heavy atom. The zero-order valence-electron chi connectivity index (χ0n) is 20.7. The summed E-state index contributed by atoms with van der Waals surface area (Å²) in [6.45, 7) is 5.44. The molecule has 37 heavy (non-hydrogen) atoms. The highest BCUT2D eigenvalue weighted by Gasteiger charge is 2.25. The van der Waals surface area contributed by atoms with Gasteiger partial charge in [0.05, 0.1) is 30.3 Å². The maximum atomic E-state index is 12.4. The number of anilines is 2. The van der Waals surface area contributed by atoms with Crippen LogP contribution >= 0.6 is 0 Å². The van der Waals surface area contributed by atoms with Crippen LogP contribution in [0.1, 0.15) is 32.3 Å². The van der Waals surface area contributed by atoms with Crippen molar-refractivity contribution in [3.63, 3.8) is 0 Å². The second kappa shape index (κ2) is 10.9. The number of carbonyl (C=O) groups excluding carboxylic acids is 2. The predicted octanol–water partition coefficient (Wildman–Crippen LogP) is 6.38. The molecule has 1 aromatic heterocycles. The number of nitrogens with one attached hydrogen (secondary N) is 2. The minimum atomic E-state index is -1.00. The molecule has 0 radical (unpaired) electrons. The number of nitrogens with zero attached hydrogens (tertiary/aromatic N) is 1. The number of hydrogen-bond acceptors (Lipinski definition) is 6. The Labute approximate surface area is 213 Å². The van der Waals surface area contributed by atoms with Gasteiger partial charge in [-0.25, -0.2) is 9.59 Å². The van der Waals surface area contributed by atoms with Gasteiger partial charge in [0.2, 0.25) is 0 Å². The molecule has 4 rings (SSSR count). The van der Waals surface area contributed by atoms with E-state index in [1.807, 2.05) is 30.3 Å². The van der Waals surface area contributed by atoms with E-state index in [1.165, 1.54) is 0 Å². The Bertz CT molecular complexity index is 1490. The van der Waals surface area contributed by atoms with E-state index in [0.29, 0.717) is 44.2 Å². The van der Waals surface area contributed by atoms with Crippen LogP contribution in [0, 0.1) is 0 Å². The van der Waals surface area contributed by atoms with Crippen LogP contribution in [-0.4, -0.2) is 41.5 Å². The maximum absolute atomic E-state index is 12.4. The van der Waals surface area contributed by atoms with Crippen molar-refractivity contribution in [3.8, 4) is 11.1 Å². The number of amides is 2. The van der Waals surface area contributed by atoms with Gasteiger partial charge in [-0.05, 0) is 67.1 Å². The second-order valence-corrected chi connectivity index (χ2v) is 8.28. The molecule has 0 saturated carbocycles. The highest BCUT2D eigenvalue weighted by atomic mass is 16.6. The van der Waals surface area contributed by atoms with E-state index in [4.69, 9.17) is 9.47 Å². The number of carboxylic acids is 1. The summed E-state index contributed by atoms with van der Waals surface area (Å²) in [6.07, 6.45) is 0.355. The van der Waals surface area contributed by atoms with Crippen LogP contribution in [0.4, 0.5) is 21.0 Å². The van der Waals surface area contributed by atoms with Crippen LogP contribution in [0.5, 0.6) is 0 Å². The molecule has 1 unspecified atom stereocenters. The molecule has 0 bridgehead atoms. The highest BCUT2D eigenvalue weighted by molar-refractivity contribution is 6.17. The largest absolute Gasteiger partial charge is 0.481 e. The predicted molar refractivity (Wildman–Crippen MR) is 142 cm³/mol. The van der Waals surface area contributed by atoms with E-state index in [9.17, 15) is 19.5 Å². The summed E-state index contributed by atoms with van der Waals surface area (Å²) >= 11 is 0. The lowest BCUT2D eigenvalue weighted by atomic mass is 9.85. The van der Waals surface area contributed by atoms with Gasteiger partial charge in [-0.2, -0.15) is 0 Å². The molecule has 0 aliphatic rings.